The van der Waals surface area contributed by atoms with E-state index in [4.69, 9.17) is 5.14 Å². The smallest absolute Gasteiger partial charge is 0.238 e. The van der Waals surface area contributed by atoms with Crippen LogP contribution in [-0.4, -0.2) is 32.3 Å². The van der Waals surface area contributed by atoms with Crippen LogP contribution in [0.3, 0.4) is 0 Å². The van der Waals surface area contributed by atoms with Crippen LogP contribution in [0.1, 0.15) is 33.2 Å². The standard InChI is InChI=1S/C23H25N3O3S2/c1-15-12-18(31(24,28)29)13-20(16(15)2)25-22(27)14-26-10-8-21-19(9-11-30-21)23(26)17-6-4-3-5-7-17/h3-7,9,11-13,23H,8,10,14H2,1-2H3,(H,25,27)(H2,24,28,29)/t23-/m1/s1. The molecule has 0 fully saturated rings. The molecule has 162 valence electrons. The fourth-order valence-electron chi connectivity index (χ4n) is 4.06. The van der Waals surface area contributed by atoms with Crippen molar-refractivity contribution in [2.24, 2.45) is 5.14 Å². The van der Waals surface area contributed by atoms with Crippen molar-refractivity contribution in [3.63, 3.8) is 0 Å². The third-order valence-corrected chi connectivity index (χ3v) is 7.66. The number of carbonyl (C=O) groups excluding carboxylic acids is 1. The van der Waals surface area contributed by atoms with Gasteiger partial charge < -0.3 is 5.32 Å². The van der Waals surface area contributed by atoms with E-state index >= 15 is 0 Å². The number of benzene rings is 2. The van der Waals surface area contributed by atoms with Gasteiger partial charge in [-0.05, 0) is 66.1 Å². The zero-order chi connectivity index (χ0) is 22.2. The van der Waals surface area contributed by atoms with Gasteiger partial charge in [0, 0.05) is 17.1 Å². The summed E-state index contributed by atoms with van der Waals surface area (Å²) in [6.45, 7) is 4.62. The minimum absolute atomic E-state index is 0.00560. The van der Waals surface area contributed by atoms with E-state index < -0.39 is 10.0 Å². The Bertz CT molecular complexity index is 1220. The van der Waals surface area contributed by atoms with Crippen LogP contribution in [0.4, 0.5) is 5.69 Å². The summed E-state index contributed by atoms with van der Waals surface area (Å²) >= 11 is 1.76. The number of hydrogen-bond acceptors (Lipinski definition) is 5. The summed E-state index contributed by atoms with van der Waals surface area (Å²) in [6.07, 6.45) is 0.905. The Hall–Kier alpha value is -2.52. The van der Waals surface area contributed by atoms with E-state index in [1.54, 1.807) is 18.3 Å². The quantitative estimate of drug-likeness (QED) is 0.615. The number of carbonyl (C=O) groups is 1. The van der Waals surface area contributed by atoms with Crippen LogP contribution in [-0.2, 0) is 21.2 Å². The molecule has 2 heterocycles. The first-order chi connectivity index (χ1) is 14.7. The van der Waals surface area contributed by atoms with Crippen LogP contribution < -0.4 is 10.5 Å². The lowest BCUT2D eigenvalue weighted by Gasteiger charge is -2.35. The summed E-state index contributed by atoms with van der Waals surface area (Å²) in [4.78, 5) is 16.5. The van der Waals surface area contributed by atoms with E-state index in [0.717, 1.165) is 29.7 Å². The molecule has 1 atom stereocenters. The maximum Gasteiger partial charge on any atom is 0.238 e. The summed E-state index contributed by atoms with van der Waals surface area (Å²) in [5.41, 5.74) is 4.44. The van der Waals surface area contributed by atoms with Crippen LogP contribution >= 0.6 is 11.3 Å². The number of nitrogens with two attached hydrogens (primary N) is 1. The lowest BCUT2D eigenvalue weighted by Crippen LogP contribution is -2.40. The Morgan fingerprint density at radius 1 is 1.19 bits per heavy atom. The number of nitrogens with zero attached hydrogens (tertiary/aromatic N) is 1. The summed E-state index contributed by atoms with van der Waals surface area (Å²) in [6, 6.07) is 15.3. The first-order valence-corrected chi connectivity index (χ1v) is 12.5. The largest absolute Gasteiger partial charge is 0.325 e. The van der Waals surface area contributed by atoms with Crippen molar-refractivity contribution < 1.29 is 13.2 Å². The van der Waals surface area contributed by atoms with Crippen LogP contribution in [0.2, 0.25) is 0 Å². The Morgan fingerprint density at radius 3 is 2.65 bits per heavy atom. The van der Waals surface area contributed by atoms with Crippen molar-refractivity contribution >= 4 is 33.0 Å². The highest BCUT2D eigenvalue weighted by Gasteiger charge is 2.30. The van der Waals surface area contributed by atoms with E-state index in [1.165, 1.54) is 22.6 Å². The summed E-state index contributed by atoms with van der Waals surface area (Å²) in [5, 5.41) is 10.3. The normalized spacial score (nSPS) is 16.7. The molecular weight excluding hydrogens is 430 g/mol. The molecule has 4 rings (SSSR count). The third-order valence-electron chi connectivity index (χ3n) is 5.77. The number of rotatable bonds is 5. The van der Waals surface area contributed by atoms with E-state index in [2.05, 4.69) is 33.8 Å². The average Bonchev–Trinajstić information content (AvgIpc) is 3.19. The third kappa shape index (κ3) is 4.57. The summed E-state index contributed by atoms with van der Waals surface area (Å²) in [5.74, 6) is -0.186. The first-order valence-electron chi connectivity index (χ1n) is 10.0. The molecule has 1 aromatic heterocycles. The van der Waals surface area contributed by atoms with Crippen molar-refractivity contribution in [3.8, 4) is 0 Å². The SMILES string of the molecule is Cc1cc(S(N)(=O)=O)cc(NC(=O)CN2CCc3sccc3[C@H]2c2ccccc2)c1C. The minimum atomic E-state index is -3.86. The molecule has 1 aliphatic heterocycles. The molecule has 31 heavy (non-hydrogen) atoms. The minimum Gasteiger partial charge on any atom is -0.325 e. The fourth-order valence-corrected chi connectivity index (χ4v) is 5.59. The fraction of sp³-hybridized carbons (Fsp3) is 0.261. The highest BCUT2D eigenvalue weighted by atomic mass is 32.2. The molecule has 1 aliphatic rings. The Labute approximate surface area is 186 Å². The van der Waals surface area contributed by atoms with E-state index in [0.29, 0.717) is 5.69 Å². The predicted octanol–water partition coefficient (Wildman–Crippen LogP) is 3.60. The maximum atomic E-state index is 13.0. The van der Waals surface area contributed by atoms with Gasteiger partial charge in [-0.1, -0.05) is 30.3 Å². The van der Waals surface area contributed by atoms with Gasteiger partial charge >= 0.3 is 0 Å². The number of anilines is 1. The molecule has 0 aliphatic carbocycles. The molecule has 3 N–H and O–H groups in total. The summed E-state index contributed by atoms with van der Waals surface area (Å²) in [7, 11) is -3.86. The Balaban J connectivity index is 1.59. The number of thiophene rings is 1. The van der Waals surface area contributed by atoms with Gasteiger partial charge in [0.1, 0.15) is 0 Å². The number of amides is 1. The molecule has 0 spiro atoms. The molecule has 0 radical (unpaired) electrons. The maximum absolute atomic E-state index is 13.0. The number of hydrogen-bond donors (Lipinski definition) is 2. The topological polar surface area (TPSA) is 92.5 Å². The number of primary sulfonamides is 1. The zero-order valence-electron chi connectivity index (χ0n) is 17.5. The monoisotopic (exact) mass is 455 g/mol. The van der Waals surface area contributed by atoms with Crippen molar-refractivity contribution in [2.75, 3.05) is 18.4 Å². The van der Waals surface area contributed by atoms with E-state index in [-0.39, 0.29) is 23.4 Å². The highest BCUT2D eigenvalue weighted by Crippen LogP contribution is 2.37. The number of nitrogens with one attached hydrogen (secondary N) is 1. The Kier molecular flexibility index (Phi) is 5.98. The van der Waals surface area contributed by atoms with Crippen LogP contribution in [0, 0.1) is 13.8 Å². The number of fused-ring (bicyclic) bond motifs is 1. The summed E-state index contributed by atoms with van der Waals surface area (Å²) < 4.78 is 23.6. The van der Waals surface area contributed by atoms with Crippen molar-refractivity contribution in [1.82, 2.24) is 4.90 Å². The van der Waals surface area contributed by atoms with Gasteiger partial charge in [-0.25, -0.2) is 13.6 Å². The second-order valence-electron chi connectivity index (χ2n) is 7.84. The number of aryl methyl sites for hydroxylation is 1. The van der Waals surface area contributed by atoms with Gasteiger partial charge in [0.05, 0.1) is 17.5 Å². The molecule has 0 bridgehead atoms. The van der Waals surface area contributed by atoms with Crippen LogP contribution in [0.25, 0.3) is 0 Å². The lowest BCUT2D eigenvalue weighted by atomic mass is 9.93. The van der Waals surface area contributed by atoms with Crippen LogP contribution in [0.15, 0.2) is 58.8 Å². The molecule has 0 unspecified atom stereocenters. The van der Waals surface area contributed by atoms with E-state index in [1.807, 2.05) is 25.1 Å². The Morgan fingerprint density at radius 2 is 1.94 bits per heavy atom. The highest BCUT2D eigenvalue weighted by molar-refractivity contribution is 7.89. The van der Waals surface area contributed by atoms with Gasteiger partial charge in [-0.2, -0.15) is 0 Å². The zero-order valence-corrected chi connectivity index (χ0v) is 19.1. The predicted molar refractivity (Wildman–Crippen MR) is 124 cm³/mol. The second-order valence-corrected chi connectivity index (χ2v) is 10.4. The second kappa shape index (κ2) is 8.55. The molecule has 2 aromatic carbocycles. The van der Waals surface area contributed by atoms with Crippen molar-refractivity contribution in [2.45, 2.75) is 31.2 Å². The number of sulfonamides is 1. The molecule has 8 heteroatoms. The molecule has 1 amide bonds. The average molecular weight is 456 g/mol. The van der Waals surface area contributed by atoms with Gasteiger partial charge in [0.25, 0.3) is 0 Å². The van der Waals surface area contributed by atoms with Gasteiger partial charge in [0.15, 0.2) is 0 Å². The van der Waals surface area contributed by atoms with Gasteiger partial charge in [0.2, 0.25) is 15.9 Å². The molecule has 0 saturated heterocycles. The molecule has 3 aromatic rings. The van der Waals surface area contributed by atoms with Crippen molar-refractivity contribution in [3.05, 3.63) is 81.0 Å². The van der Waals surface area contributed by atoms with E-state index in [9.17, 15) is 13.2 Å². The molecule has 0 saturated carbocycles. The van der Waals surface area contributed by atoms with Gasteiger partial charge in [-0.15, -0.1) is 11.3 Å². The van der Waals surface area contributed by atoms with Crippen LogP contribution in [0.5, 0.6) is 0 Å². The van der Waals surface area contributed by atoms with Gasteiger partial charge in [-0.3, -0.25) is 9.69 Å². The molecule has 6 nitrogen and oxygen atoms in total. The molecular formula is C23H25N3O3S2. The van der Waals surface area contributed by atoms with Crippen molar-refractivity contribution in [1.29, 1.82) is 0 Å². The lowest BCUT2D eigenvalue weighted by molar-refractivity contribution is -0.117. The first kappa shape index (κ1) is 21.7.